The summed E-state index contributed by atoms with van der Waals surface area (Å²) in [5.74, 6) is -0.185. The molecule has 0 bridgehead atoms. The Bertz CT molecular complexity index is 1680. The Morgan fingerprint density at radius 3 is 1.20 bits per heavy atom. The molecule has 0 aliphatic carbocycles. The maximum absolute atomic E-state index is 13.1. The van der Waals surface area contributed by atoms with Gasteiger partial charge in [-0.15, -0.1) is 0 Å². The molecule has 0 radical (unpaired) electrons. The highest BCUT2D eigenvalue weighted by molar-refractivity contribution is 5.76. The third-order valence-corrected chi connectivity index (χ3v) is 18.1. The molecule has 1 rings (SSSR count). The lowest BCUT2D eigenvalue weighted by atomic mass is 9.99. The molecule has 1 fully saturated rings. The van der Waals surface area contributed by atoms with Gasteiger partial charge in [-0.25, -0.2) is 0 Å². The molecule has 1 amide bonds. The minimum atomic E-state index is -1.58. The smallest absolute Gasteiger partial charge is 0.305 e. The van der Waals surface area contributed by atoms with Crippen LogP contribution in [-0.2, 0) is 23.8 Å². The lowest BCUT2D eigenvalue weighted by Gasteiger charge is -2.40. The number of ether oxygens (including phenoxy) is 3. The third kappa shape index (κ3) is 55.8. The Balaban J connectivity index is 1.92. The molecule has 526 valence electrons. The van der Waals surface area contributed by atoms with Gasteiger partial charge >= 0.3 is 5.97 Å². The summed E-state index contributed by atoms with van der Waals surface area (Å²) < 4.78 is 16.7. The van der Waals surface area contributed by atoms with E-state index in [2.05, 4.69) is 67.8 Å². The molecule has 1 aliphatic heterocycles. The number of rotatable bonds is 68. The number of unbranched alkanes of at least 4 members (excludes halogenated alkanes) is 46. The van der Waals surface area contributed by atoms with Crippen LogP contribution in [0, 0.1) is 0 Å². The van der Waals surface area contributed by atoms with Crippen LogP contribution >= 0.6 is 0 Å². The van der Waals surface area contributed by atoms with E-state index in [0.29, 0.717) is 19.4 Å². The largest absolute Gasteiger partial charge is 0.466 e. The highest BCUT2D eigenvalue weighted by Crippen LogP contribution is 2.23. The number of carbonyl (C=O) groups is 2. The van der Waals surface area contributed by atoms with Crippen molar-refractivity contribution in [3.63, 3.8) is 0 Å². The van der Waals surface area contributed by atoms with E-state index in [0.717, 1.165) is 64.2 Å². The van der Waals surface area contributed by atoms with Gasteiger partial charge in [-0.3, -0.25) is 9.59 Å². The van der Waals surface area contributed by atoms with Crippen LogP contribution in [0.5, 0.6) is 0 Å². The third-order valence-electron chi connectivity index (χ3n) is 18.1. The summed E-state index contributed by atoms with van der Waals surface area (Å²) in [5, 5.41) is 54.5. The van der Waals surface area contributed by atoms with Crippen LogP contribution in [0.25, 0.3) is 0 Å². The van der Waals surface area contributed by atoms with Crippen LogP contribution in [0.15, 0.2) is 60.8 Å². The average molecular weight is 1270 g/mol. The number of hydrogen-bond acceptors (Lipinski definition) is 10. The lowest BCUT2D eigenvalue weighted by molar-refractivity contribution is -0.302. The minimum absolute atomic E-state index is 0.00323. The first-order valence-electron chi connectivity index (χ1n) is 38.6. The van der Waals surface area contributed by atoms with E-state index in [1.807, 2.05) is 6.08 Å². The predicted octanol–water partition coefficient (Wildman–Crippen LogP) is 20.5. The second-order valence-electron chi connectivity index (χ2n) is 26.7. The Morgan fingerprint density at radius 1 is 0.411 bits per heavy atom. The zero-order valence-corrected chi connectivity index (χ0v) is 58.6. The van der Waals surface area contributed by atoms with Crippen molar-refractivity contribution < 1.29 is 49.3 Å². The summed E-state index contributed by atoms with van der Waals surface area (Å²) in [5.41, 5.74) is 0. The molecule has 90 heavy (non-hydrogen) atoms. The van der Waals surface area contributed by atoms with Crippen LogP contribution < -0.4 is 5.32 Å². The van der Waals surface area contributed by atoms with E-state index in [-0.39, 0.29) is 18.5 Å². The predicted molar refractivity (Wildman–Crippen MR) is 380 cm³/mol. The molecule has 11 nitrogen and oxygen atoms in total. The molecule has 1 heterocycles. The Labute approximate surface area is 554 Å². The topological polar surface area (TPSA) is 175 Å². The highest BCUT2D eigenvalue weighted by atomic mass is 16.7. The zero-order chi connectivity index (χ0) is 65.1. The molecule has 0 saturated carbocycles. The van der Waals surface area contributed by atoms with Gasteiger partial charge in [0.15, 0.2) is 6.29 Å². The number of nitrogens with one attached hydrogen (secondary N) is 1. The fourth-order valence-electron chi connectivity index (χ4n) is 12.0. The lowest BCUT2D eigenvalue weighted by Crippen LogP contribution is -2.60. The normalized spacial score (nSPS) is 18.0. The van der Waals surface area contributed by atoms with Gasteiger partial charge in [-0.1, -0.05) is 319 Å². The Kier molecular flexibility index (Phi) is 64.3. The second kappa shape index (κ2) is 67.8. The van der Waals surface area contributed by atoms with Gasteiger partial charge in [-0.05, 0) is 96.3 Å². The first-order valence-corrected chi connectivity index (χ1v) is 38.6. The SMILES string of the molecule is CCCC/C=C\CCCCCCCC(=O)OCCCCCCCCCCCCCCCCC/C=C\C/C=C\CCCCCCCCCCCCCCCCCCCC(=O)NC(COC1OC(CO)C(O)C(O)C1O)C(O)/C=C/CC/C=C/CCCCCCCC. The fourth-order valence-corrected chi connectivity index (χ4v) is 12.0. The molecule has 0 aromatic carbocycles. The van der Waals surface area contributed by atoms with E-state index in [1.165, 1.54) is 276 Å². The maximum atomic E-state index is 13.1. The van der Waals surface area contributed by atoms with E-state index in [4.69, 9.17) is 14.2 Å². The molecule has 6 N–H and O–H groups in total. The van der Waals surface area contributed by atoms with Crippen molar-refractivity contribution in [2.24, 2.45) is 0 Å². The monoisotopic (exact) mass is 1270 g/mol. The van der Waals surface area contributed by atoms with Crippen molar-refractivity contribution >= 4 is 11.9 Å². The Hall–Kier alpha value is -2.64. The molecule has 7 unspecified atom stereocenters. The fraction of sp³-hybridized carbons (Fsp3) is 0.848. The molecular weight excluding hydrogens is 1120 g/mol. The average Bonchev–Trinajstić information content (AvgIpc) is 1.36. The molecule has 1 aliphatic rings. The van der Waals surface area contributed by atoms with Gasteiger partial charge in [0.2, 0.25) is 5.91 Å². The maximum Gasteiger partial charge on any atom is 0.305 e. The van der Waals surface area contributed by atoms with Gasteiger partial charge < -0.3 is 45.1 Å². The molecule has 0 spiro atoms. The first-order chi connectivity index (χ1) is 44.2. The Morgan fingerprint density at radius 2 is 0.767 bits per heavy atom. The van der Waals surface area contributed by atoms with Gasteiger partial charge in [0.05, 0.1) is 32.0 Å². The van der Waals surface area contributed by atoms with Gasteiger partial charge in [0.25, 0.3) is 0 Å². The van der Waals surface area contributed by atoms with Gasteiger partial charge in [0.1, 0.15) is 24.4 Å². The van der Waals surface area contributed by atoms with E-state index < -0.39 is 49.5 Å². The van der Waals surface area contributed by atoms with E-state index in [1.54, 1.807) is 6.08 Å². The van der Waals surface area contributed by atoms with Crippen molar-refractivity contribution in [3.05, 3.63) is 60.8 Å². The van der Waals surface area contributed by atoms with Crippen molar-refractivity contribution in [2.75, 3.05) is 19.8 Å². The molecule has 1 saturated heterocycles. The number of carbonyl (C=O) groups excluding carboxylic acids is 2. The number of hydrogen-bond donors (Lipinski definition) is 6. The molecular formula is C79H145NO10. The first kappa shape index (κ1) is 85.4. The van der Waals surface area contributed by atoms with E-state index in [9.17, 15) is 35.1 Å². The van der Waals surface area contributed by atoms with Gasteiger partial charge in [0, 0.05) is 12.8 Å². The highest BCUT2D eigenvalue weighted by Gasteiger charge is 2.44. The molecule has 11 heteroatoms. The van der Waals surface area contributed by atoms with Crippen LogP contribution in [-0.4, -0.2) is 100 Å². The zero-order valence-electron chi connectivity index (χ0n) is 58.6. The van der Waals surface area contributed by atoms with Crippen LogP contribution in [0.4, 0.5) is 0 Å². The van der Waals surface area contributed by atoms with Crippen LogP contribution in [0.1, 0.15) is 367 Å². The molecule has 0 aromatic heterocycles. The van der Waals surface area contributed by atoms with Gasteiger partial charge in [-0.2, -0.15) is 0 Å². The standard InChI is InChI=1S/C79H145NO10/c1-3-5-7-9-11-13-15-46-49-53-57-61-65-72(82)71(70-89-79-78(87)77(86)76(85)73(69-81)90-79)80-74(83)66-62-58-54-50-47-43-41-39-37-35-33-31-29-27-25-23-21-19-17-16-18-20-22-24-26-28-30-32-34-36-38-40-42-44-48-52-56-60-64-68-88-75(84)67-63-59-55-51-45-14-12-10-8-6-4-2/h10,12,16-17,20,22,46,49,61,65,71-73,76-79,81-82,85-87H,3-9,11,13-15,18-19,21,23-45,47-48,50-60,62-64,66-70H2,1-2H3,(H,80,83)/b12-10-,17-16-,22-20-,49-46+,65-61+. The second-order valence-corrected chi connectivity index (χ2v) is 26.7. The van der Waals surface area contributed by atoms with Crippen molar-refractivity contribution in [2.45, 2.75) is 410 Å². The van der Waals surface area contributed by atoms with Crippen molar-refractivity contribution in [1.29, 1.82) is 0 Å². The quantitative estimate of drug-likeness (QED) is 0.0195. The van der Waals surface area contributed by atoms with Crippen LogP contribution in [0.3, 0.4) is 0 Å². The number of amides is 1. The number of allylic oxidation sites excluding steroid dienone is 9. The summed E-state index contributed by atoms with van der Waals surface area (Å²) >= 11 is 0. The molecule has 7 atom stereocenters. The number of aliphatic hydroxyl groups is 5. The number of esters is 1. The van der Waals surface area contributed by atoms with Crippen molar-refractivity contribution in [3.8, 4) is 0 Å². The van der Waals surface area contributed by atoms with Crippen molar-refractivity contribution in [1.82, 2.24) is 5.32 Å². The number of aliphatic hydroxyl groups excluding tert-OH is 5. The van der Waals surface area contributed by atoms with Crippen LogP contribution in [0.2, 0.25) is 0 Å². The minimum Gasteiger partial charge on any atom is -0.466 e. The summed E-state index contributed by atoms with van der Waals surface area (Å²) in [6.07, 6.45) is 81.1. The molecule has 0 aromatic rings. The summed E-state index contributed by atoms with van der Waals surface area (Å²) in [4.78, 5) is 25.1. The summed E-state index contributed by atoms with van der Waals surface area (Å²) in [6.45, 7) is 4.31. The van der Waals surface area contributed by atoms with E-state index >= 15 is 0 Å². The summed E-state index contributed by atoms with van der Waals surface area (Å²) in [6, 6.07) is -0.826. The summed E-state index contributed by atoms with van der Waals surface area (Å²) in [7, 11) is 0.